The summed E-state index contributed by atoms with van der Waals surface area (Å²) in [7, 11) is -3.55. The fourth-order valence-electron chi connectivity index (χ4n) is 2.07. The first-order valence-electron chi connectivity index (χ1n) is 7.42. The largest absolute Gasteiger partial charge is 0.452 e. The summed E-state index contributed by atoms with van der Waals surface area (Å²) in [5, 5.41) is 1.94. The van der Waals surface area contributed by atoms with Crippen LogP contribution in [0.25, 0.3) is 0 Å². The van der Waals surface area contributed by atoms with Crippen LogP contribution in [0.1, 0.15) is 15.9 Å². The number of benzene rings is 2. The van der Waals surface area contributed by atoms with Gasteiger partial charge in [-0.3, -0.25) is 4.79 Å². The first-order valence-corrected chi connectivity index (χ1v) is 9.31. The van der Waals surface area contributed by atoms with Crippen LogP contribution >= 0.6 is 0 Å². The van der Waals surface area contributed by atoms with Crippen molar-refractivity contribution in [3.63, 3.8) is 0 Å². The van der Waals surface area contributed by atoms with Gasteiger partial charge in [-0.25, -0.2) is 26.4 Å². The lowest BCUT2D eigenvalue weighted by Gasteiger charge is -2.10. The minimum Gasteiger partial charge on any atom is -0.452 e. The molecule has 0 spiro atoms. The average Bonchev–Trinajstić information content (AvgIpc) is 2.59. The van der Waals surface area contributed by atoms with Crippen LogP contribution in [-0.2, 0) is 19.4 Å². The molecule has 1 amide bonds. The van der Waals surface area contributed by atoms with Crippen molar-refractivity contribution >= 4 is 27.4 Å². The number of aryl methyl sites for hydroxylation is 1. The molecule has 0 aromatic heterocycles. The van der Waals surface area contributed by atoms with Crippen LogP contribution in [0.15, 0.2) is 35.2 Å². The van der Waals surface area contributed by atoms with Gasteiger partial charge in [-0.1, -0.05) is 6.07 Å². The third-order valence-electron chi connectivity index (χ3n) is 3.50. The maximum Gasteiger partial charge on any atom is 0.338 e. The van der Waals surface area contributed by atoms with Crippen molar-refractivity contribution in [3.05, 3.63) is 58.9 Å². The summed E-state index contributed by atoms with van der Waals surface area (Å²) in [6.45, 7) is 0.694. The van der Waals surface area contributed by atoms with Gasteiger partial charge in [-0.2, -0.15) is 0 Å². The first kappa shape index (κ1) is 20.4. The van der Waals surface area contributed by atoms with E-state index in [9.17, 15) is 31.2 Å². The zero-order valence-corrected chi connectivity index (χ0v) is 15.0. The molecule has 0 fully saturated rings. The van der Waals surface area contributed by atoms with Gasteiger partial charge in [0.1, 0.15) is 0 Å². The number of amides is 1. The zero-order valence-electron chi connectivity index (χ0n) is 14.2. The van der Waals surface area contributed by atoms with Crippen LogP contribution < -0.4 is 5.32 Å². The lowest BCUT2D eigenvalue weighted by Crippen LogP contribution is -2.22. The highest BCUT2D eigenvalue weighted by molar-refractivity contribution is 7.90. The smallest absolute Gasteiger partial charge is 0.338 e. The van der Waals surface area contributed by atoms with E-state index in [1.807, 2.05) is 5.32 Å². The molecule has 0 aliphatic carbocycles. The van der Waals surface area contributed by atoms with Crippen LogP contribution in [0.5, 0.6) is 0 Å². The summed E-state index contributed by atoms with van der Waals surface area (Å²) >= 11 is 0. The van der Waals surface area contributed by atoms with Gasteiger partial charge in [0.2, 0.25) is 0 Å². The highest BCUT2D eigenvalue weighted by atomic mass is 32.2. The van der Waals surface area contributed by atoms with Gasteiger partial charge >= 0.3 is 5.97 Å². The molecule has 0 atom stereocenters. The number of carbonyl (C=O) groups excluding carboxylic acids is 2. The van der Waals surface area contributed by atoms with Crippen LogP contribution in [0, 0.1) is 24.4 Å². The lowest BCUT2D eigenvalue weighted by atomic mass is 10.1. The molecule has 0 saturated heterocycles. The molecule has 0 saturated carbocycles. The molecule has 1 N–H and O–H groups in total. The van der Waals surface area contributed by atoms with Crippen molar-refractivity contribution in [3.8, 4) is 0 Å². The summed E-state index contributed by atoms with van der Waals surface area (Å²) in [6.07, 6.45) is 0.969. The summed E-state index contributed by atoms with van der Waals surface area (Å²) in [5.41, 5.74) is -0.269. The average molecular weight is 401 g/mol. The molecule has 2 rings (SSSR count). The van der Waals surface area contributed by atoms with Gasteiger partial charge in [0.05, 0.1) is 16.1 Å². The number of nitrogens with one attached hydrogen (secondary N) is 1. The number of hydrogen-bond donors (Lipinski definition) is 1. The Hall–Kier alpha value is -2.88. The van der Waals surface area contributed by atoms with E-state index in [0.717, 1.165) is 18.4 Å². The van der Waals surface area contributed by atoms with E-state index >= 15 is 0 Å². The third-order valence-corrected chi connectivity index (χ3v) is 4.61. The van der Waals surface area contributed by atoms with E-state index in [0.29, 0.717) is 11.6 Å². The van der Waals surface area contributed by atoms with Gasteiger partial charge < -0.3 is 10.1 Å². The van der Waals surface area contributed by atoms with Crippen molar-refractivity contribution in [1.82, 2.24) is 0 Å². The normalized spacial score (nSPS) is 11.1. The monoisotopic (exact) mass is 401 g/mol. The predicted molar refractivity (Wildman–Crippen MR) is 89.5 cm³/mol. The second-order valence-corrected chi connectivity index (χ2v) is 7.61. The van der Waals surface area contributed by atoms with Crippen molar-refractivity contribution in [2.45, 2.75) is 11.8 Å². The SMILES string of the molecule is Cc1ccc(S(C)(=O)=O)cc1C(=O)OCC(=O)Nc1ccc(F)c(F)c1F. The first-order chi connectivity index (χ1) is 12.5. The highest BCUT2D eigenvalue weighted by Crippen LogP contribution is 2.20. The maximum atomic E-state index is 13.5. The summed E-state index contributed by atoms with van der Waals surface area (Å²) in [6, 6.07) is 5.27. The number of carbonyl (C=O) groups is 2. The Morgan fingerprint density at radius 2 is 1.74 bits per heavy atom. The number of rotatable bonds is 5. The van der Waals surface area contributed by atoms with E-state index in [4.69, 9.17) is 4.74 Å². The second kappa shape index (κ2) is 7.78. The number of hydrogen-bond acceptors (Lipinski definition) is 5. The van der Waals surface area contributed by atoms with Gasteiger partial charge in [-0.05, 0) is 36.8 Å². The minimum absolute atomic E-state index is 0.0651. The van der Waals surface area contributed by atoms with E-state index in [1.165, 1.54) is 12.1 Å². The van der Waals surface area contributed by atoms with Crippen LogP contribution in [0.4, 0.5) is 18.9 Å². The van der Waals surface area contributed by atoms with E-state index < -0.39 is 51.5 Å². The molecule has 2 aromatic rings. The van der Waals surface area contributed by atoms with Crippen molar-refractivity contribution < 1.29 is 35.9 Å². The van der Waals surface area contributed by atoms with Gasteiger partial charge in [0.25, 0.3) is 5.91 Å². The number of esters is 1. The fraction of sp³-hybridized carbons (Fsp3) is 0.176. The Bertz CT molecular complexity index is 1020. The molecule has 144 valence electrons. The van der Waals surface area contributed by atoms with E-state index in [-0.39, 0.29) is 10.5 Å². The molecule has 0 radical (unpaired) electrons. The molecular weight excluding hydrogens is 387 g/mol. The minimum atomic E-state index is -3.55. The van der Waals surface area contributed by atoms with E-state index in [2.05, 4.69) is 0 Å². The maximum absolute atomic E-state index is 13.5. The Morgan fingerprint density at radius 3 is 2.37 bits per heavy atom. The number of anilines is 1. The van der Waals surface area contributed by atoms with Crippen molar-refractivity contribution in [2.24, 2.45) is 0 Å². The molecule has 2 aromatic carbocycles. The molecule has 0 bridgehead atoms. The molecule has 0 aliphatic heterocycles. The summed E-state index contributed by atoms with van der Waals surface area (Å²) in [4.78, 5) is 23.7. The highest BCUT2D eigenvalue weighted by Gasteiger charge is 2.18. The third kappa shape index (κ3) is 4.85. The molecule has 6 nitrogen and oxygen atoms in total. The quantitative estimate of drug-likeness (QED) is 0.615. The standard InChI is InChI=1S/C17H14F3NO5S/c1-9-3-4-10(27(2,24)25)7-11(9)17(23)26-8-14(22)21-13-6-5-12(18)15(19)16(13)20/h3-7H,8H2,1-2H3,(H,21,22). The predicted octanol–water partition coefficient (Wildman–Crippen LogP) is 2.61. The van der Waals surface area contributed by atoms with Gasteiger partial charge in [0, 0.05) is 6.26 Å². The Labute approximate surface area is 152 Å². The number of ether oxygens (including phenoxy) is 1. The van der Waals surface area contributed by atoms with Gasteiger partial charge in [0.15, 0.2) is 33.9 Å². The van der Waals surface area contributed by atoms with Crippen molar-refractivity contribution in [2.75, 3.05) is 18.2 Å². The molecule has 10 heteroatoms. The molecular formula is C17H14F3NO5S. The molecule has 0 heterocycles. The Balaban J connectivity index is 2.08. The molecule has 0 unspecified atom stereocenters. The van der Waals surface area contributed by atoms with Gasteiger partial charge in [-0.15, -0.1) is 0 Å². The second-order valence-electron chi connectivity index (χ2n) is 5.60. The van der Waals surface area contributed by atoms with Crippen LogP contribution in [-0.4, -0.2) is 33.2 Å². The van der Waals surface area contributed by atoms with Crippen molar-refractivity contribution in [1.29, 1.82) is 0 Å². The fourth-order valence-corrected chi connectivity index (χ4v) is 2.72. The summed E-state index contributed by atoms with van der Waals surface area (Å²) < 4.78 is 67.4. The molecule has 27 heavy (non-hydrogen) atoms. The summed E-state index contributed by atoms with van der Waals surface area (Å²) in [5.74, 6) is -6.73. The van der Waals surface area contributed by atoms with E-state index in [1.54, 1.807) is 6.92 Å². The Kier molecular flexibility index (Phi) is 5.89. The number of halogens is 3. The van der Waals surface area contributed by atoms with Crippen LogP contribution in [0.3, 0.4) is 0 Å². The number of sulfone groups is 1. The van der Waals surface area contributed by atoms with Crippen LogP contribution in [0.2, 0.25) is 0 Å². The Morgan fingerprint density at radius 1 is 1.07 bits per heavy atom. The lowest BCUT2D eigenvalue weighted by molar-refractivity contribution is -0.119. The molecule has 0 aliphatic rings. The topological polar surface area (TPSA) is 89.5 Å². The zero-order chi connectivity index (χ0) is 20.4.